The number of ether oxygens (including phenoxy) is 1. The van der Waals surface area contributed by atoms with Gasteiger partial charge in [-0.1, -0.05) is 79.8 Å². The maximum Gasteiger partial charge on any atom is 0.351 e. The van der Waals surface area contributed by atoms with E-state index >= 15 is 0 Å². The van der Waals surface area contributed by atoms with E-state index in [1.807, 2.05) is 90.1 Å². The van der Waals surface area contributed by atoms with Crippen molar-refractivity contribution in [3.8, 4) is 5.75 Å². The standard InChI is InChI=1S/C32H45N3O4S.C21H24N2O3.C8H11N3O3S/c1-21-25(15-10-16-28(21)36)30(38)33-26(20-40-24-13-6-5-7-14-24)29(37)19-35-18-23-12-9-8-11-22(23)17-27(35)31(39)34-32(2,3)4;1-4-17-18(19(24)16-10-13(2)9-14(3)11-16)23(21(26)22-20(17)25)12-15-7-5-6-8-15;9-5-1-2-11(8(13)10-5)6-4-15-7(3-12)14-6/h5-7,10,13-16,22-23,26-27,29,36-37H,8-9,11-12,17-20H2,1-4H3,(H,33,38)(H,34,39);5-6,9-11,15H,4,7-8,12H2,1-3H3,(H,22,25,26);1-2,6-7,12H,3-4H2,(H2,9,10,13)/t22-,23+,26-,27-,29+;;6-,7+/m0.0/s1. The molecule has 0 radical (unpaired) electrons. The average Bonchev–Trinajstić information content (AvgIpc) is 4.20. The number of aromatic nitrogens is 4. The molecule has 2 aromatic heterocycles. The van der Waals surface area contributed by atoms with Crippen LogP contribution >= 0.6 is 23.5 Å². The molecule has 4 aliphatic rings. The minimum Gasteiger partial charge on any atom is -0.508 e. The first-order chi connectivity index (χ1) is 38.6. The summed E-state index contributed by atoms with van der Waals surface area (Å²) in [6, 6.07) is 21.1. The van der Waals surface area contributed by atoms with E-state index < -0.39 is 29.1 Å². The number of nitrogens with one attached hydrogen (secondary N) is 3. The van der Waals surface area contributed by atoms with Crippen LogP contribution in [-0.2, 0) is 22.5 Å². The highest BCUT2D eigenvalue weighted by molar-refractivity contribution is 8.00. The van der Waals surface area contributed by atoms with Gasteiger partial charge in [-0.05, 0) is 134 Å². The number of piperidine rings is 1. The monoisotopic (exact) mass is 1150 g/mol. The van der Waals surface area contributed by atoms with Crippen molar-refractivity contribution in [1.29, 1.82) is 0 Å². The molecule has 81 heavy (non-hydrogen) atoms. The fourth-order valence-corrected chi connectivity index (χ4v) is 13.0. The zero-order valence-electron chi connectivity index (χ0n) is 47.6. The van der Waals surface area contributed by atoms with Gasteiger partial charge < -0.3 is 36.4 Å². The molecular weight excluding hydrogens is 1070 g/mol. The van der Waals surface area contributed by atoms with Crippen LogP contribution in [0.15, 0.2) is 110 Å². The van der Waals surface area contributed by atoms with Crippen LogP contribution in [0.1, 0.15) is 128 Å². The number of hydrogen-bond donors (Lipinski definition) is 7. The minimum absolute atomic E-state index is 0.0124. The first kappa shape index (κ1) is 62.3. The maximum atomic E-state index is 13.5. The van der Waals surface area contributed by atoms with Gasteiger partial charge in [0.2, 0.25) is 11.7 Å². The third-order valence-electron chi connectivity index (χ3n) is 15.2. The number of phenolic OH excluding ortho intramolecular Hbond substituents is 1. The number of carbonyl (C=O) groups is 3. The largest absolute Gasteiger partial charge is 0.508 e. The number of carbonyl (C=O) groups excluding carboxylic acids is 3. The molecule has 2 amide bonds. The summed E-state index contributed by atoms with van der Waals surface area (Å²) in [5.41, 5.74) is 7.32. The average molecular weight is 1150 g/mol. The number of β-amino-alcohol motifs (C(OH)–C–C–N with tert-alkyl or cyclic N) is 1. The van der Waals surface area contributed by atoms with E-state index in [4.69, 9.17) is 15.6 Å². The molecule has 4 heterocycles. The Kier molecular flexibility index (Phi) is 22.0. The Morgan fingerprint density at radius 1 is 0.951 bits per heavy atom. The minimum atomic E-state index is -0.886. The third kappa shape index (κ3) is 16.9. The summed E-state index contributed by atoms with van der Waals surface area (Å²) in [7, 11) is 0. The molecule has 20 heteroatoms. The number of H-pyrrole nitrogens is 1. The van der Waals surface area contributed by atoms with Crippen molar-refractivity contribution in [1.82, 2.24) is 34.6 Å². The highest BCUT2D eigenvalue weighted by atomic mass is 32.2. The van der Waals surface area contributed by atoms with Crippen LogP contribution in [-0.4, -0.2) is 117 Å². The number of nitrogen functional groups attached to an aromatic ring is 1. The Morgan fingerprint density at radius 2 is 1.64 bits per heavy atom. The second kappa shape index (κ2) is 28.6. The number of aromatic hydroxyl groups is 1. The first-order valence-corrected chi connectivity index (χ1v) is 30.0. The molecule has 9 rings (SSSR count). The summed E-state index contributed by atoms with van der Waals surface area (Å²) >= 11 is 3.04. The van der Waals surface area contributed by atoms with Gasteiger partial charge >= 0.3 is 11.4 Å². The van der Waals surface area contributed by atoms with Gasteiger partial charge in [-0.15, -0.1) is 23.5 Å². The number of ketones is 1. The van der Waals surface area contributed by atoms with Crippen LogP contribution in [0.5, 0.6) is 5.75 Å². The number of thioether (sulfide) groups is 2. The van der Waals surface area contributed by atoms with Gasteiger partial charge in [0.25, 0.3) is 11.5 Å². The zero-order chi connectivity index (χ0) is 58.5. The number of nitrogens with zero attached hydrogens (tertiary/aromatic N) is 4. The number of likely N-dealkylation sites (tertiary alicyclic amines) is 1. The van der Waals surface area contributed by atoms with Crippen LogP contribution in [0.2, 0.25) is 0 Å². The molecule has 8 N–H and O–H groups in total. The lowest BCUT2D eigenvalue weighted by Crippen LogP contribution is -2.60. The lowest BCUT2D eigenvalue weighted by atomic mass is 9.72. The van der Waals surface area contributed by atoms with Crippen molar-refractivity contribution in [2.24, 2.45) is 17.8 Å². The first-order valence-electron chi connectivity index (χ1n) is 28.0. The number of allylic oxidation sites excluding steroid dienone is 2. The van der Waals surface area contributed by atoms with Crippen molar-refractivity contribution < 1.29 is 34.4 Å². The van der Waals surface area contributed by atoms with Crippen molar-refractivity contribution in [3.05, 3.63) is 162 Å². The molecule has 2 aliphatic heterocycles. The number of nitrogens with two attached hydrogens (primary N) is 1. The van der Waals surface area contributed by atoms with Crippen LogP contribution in [0.3, 0.4) is 0 Å². The Morgan fingerprint density at radius 3 is 2.28 bits per heavy atom. The van der Waals surface area contributed by atoms with Crippen molar-refractivity contribution >= 4 is 46.9 Å². The molecule has 436 valence electrons. The summed E-state index contributed by atoms with van der Waals surface area (Å²) in [5, 5.41) is 36.9. The van der Waals surface area contributed by atoms with Crippen molar-refractivity contribution in [2.45, 2.75) is 147 Å². The number of aryl methyl sites for hydroxylation is 2. The van der Waals surface area contributed by atoms with E-state index in [0.29, 0.717) is 65.1 Å². The van der Waals surface area contributed by atoms with Gasteiger partial charge in [0.05, 0.1) is 24.8 Å². The lowest BCUT2D eigenvalue weighted by Gasteiger charge is -2.47. The number of benzene rings is 3. The van der Waals surface area contributed by atoms with E-state index in [9.17, 15) is 39.0 Å². The summed E-state index contributed by atoms with van der Waals surface area (Å²) in [6.07, 6.45) is 12.2. The Balaban J connectivity index is 0.000000196. The number of aromatic amines is 1. The predicted molar refractivity (Wildman–Crippen MR) is 319 cm³/mol. The van der Waals surface area contributed by atoms with E-state index in [-0.39, 0.29) is 70.6 Å². The smallest absolute Gasteiger partial charge is 0.351 e. The summed E-state index contributed by atoms with van der Waals surface area (Å²) < 4.78 is 8.26. The molecule has 0 bridgehead atoms. The Labute approximate surface area is 482 Å². The molecule has 3 aromatic carbocycles. The van der Waals surface area contributed by atoms with Gasteiger partial charge in [-0.25, -0.2) is 9.59 Å². The van der Waals surface area contributed by atoms with Gasteiger partial charge in [0.1, 0.15) is 28.9 Å². The number of rotatable bonds is 16. The summed E-state index contributed by atoms with van der Waals surface area (Å²) in [4.78, 5) is 85.6. The third-order valence-corrected chi connectivity index (χ3v) is 17.4. The van der Waals surface area contributed by atoms with Crippen LogP contribution in [0.4, 0.5) is 5.82 Å². The van der Waals surface area contributed by atoms with E-state index in [1.54, 1.807) is 49.1 Å². The SMILES string of the molecule is CCc1c(C(=O)c2cc(C)cc(C)c2)n(CC2CC=CC2)c(=O)[nH]c1=O.Cc1c(O)cccc1C(=O)N[C@@H](CSc1ccccc1)[C@H](O)CN1C[C@H]2CCCC[C@H]2C[C@H]1C(=O)NC(C)(C)C.Nc1ccn([C@@H]2CS[C@H](CO)O2)c(=O)n1. The Hall–Kier alpha value is -6.29. The lowest BCUT2D eigenvalue weighted by molar-refractivity contribution is -0.132. The quantitative estimate of drug-likeness (QED) is 0.0296. The molecule has 1 saturated carbocycles. The number of aliphatic hydroxyl groups excluding tert-OH is 2. The van der Waals surface area contributed by atoms with Gasteiger partial charge in [0, 0.05) is 70.0 Å². The van der Waals surface area contributed by atoms with Crippen LogP contribution in [0, 0.1) is 38.5 Å². The van der Waals surface area contributed by atoms with E-state index in [0.717, 1.165) is 54.7 Å². The van der Waals surface area contributed by atoms with E-state index in [1.165, 1.54) is 33.7 Å². The predicted octanol–water partition coefficient (Wildman–Crippen LogP) is 7.07. The fourth-order valence-electron chi connectivity index (χ4n) is 11.1. The topological polar surface area (TPSA) is 264 Å². The molecule has 2 saturated heterocycles. The number of phenols is 1. The maximum absolute atomic E-state index is 13.5. The number of aliphatic hydroxyl groups is 2. The Bertz CT molecular complexity index is 3170. The highest BCUT2D eigenvalue weighted by Gasteiger charge is 2.42. The molecule has 7 atom stereocenters. The second-order valence-corrected chi connectivity index (χ2v) is 24.9. The van der Waals surface area contributed by atoms with E-state index in [2.05, 4.69) is 37.7 Å². The molecule has 3 fully saturated rings. The van der Waals surface area contributed by atoms with Gasteiger partial charge in [-0.2, -0.15) is 4.98 Å². The number of fused-ring (bicyclic) bond motifs is 1. The fraction of sp³-hybridized carbons (Fsp3) is 0.492. The van der Waals surface area contributed by atoms with Gasteiger partial charge in [0.15, 0.2) is 0 Å². The number of anilines is 1. The molecule has 2 aliphatic carbocycles. The molecular formula is C61H80N8O10S2. The highest BCUT2D eigenvalue weighted by Crippen LogP contribution is 2.39. The molecule has 0 unspecified atom stereocenters. The summed E-state index contributed by atoms with van der Waals surface area (Å²) in [6.45, 7) is 14.8. The van der Waals surface area contributed by atoms with Crippen LogP contribution in [0.25, 0.3) is 0 Å². The second-order valence-electron chi connectivity index (χ2n) is 22.6. The van der Waals surface area contributed by atoms with Crippen molar-refractivity contribution in [3.63, 3.8) is 0 Å². The molecule has 0 spiro atoms. The normalized spacial score (nSPS) is 20.7. The van der Waals surface area contributed by atoms with Crippen molar-refractivity contribution in [2.75, 3.05) is 36.9 Å². The molecule has 18 nitrogen and oxygen atoms in total. The summed E-state index contributed by atoms with van der Waals surface area (Å²) in [5.74, 6) is 2.10. The molecule has 5 aromatic rings. The number of amides is 2. The zero-order valence-corrected chi connectivity index (χ0v) is 49.2. The van der Waals surface area contributed by atoms with Crippen LogP contribution < -0.4 is 33.3 Å². The van der Waals surface area contributed by atoms with Gasteiger partial charge in [-0.3, -0.25) is 38.2 Å². The number of hydrogen-bond acceptors (Lipinski definition) is 15.